The van der Waals surface area contributed by atoms with Crippen LogP contribution in [0.4, 0.5) is 0 Å². The maximum absolute atomic E-state index is 10.2. The van der Waals surface area contributed by atoms with Crippen LogP contribution in [0.3, 0.4) is 0 Å². The Morgan fingerprint density at radius 1 is 1.50 bits per heavy atom. The first-order chi connectivity index (χ1) is 4.02. The molecule has 10 heavy (non-hydrogen) atoms. The molecule has 1 atom stereocenters. The van der Waals surface area contributed by atoms with Gasteiger partial charge in [-0.05, 0) is 6.42 Å². The van der Waals surface area contributed by atoms with Gasteiger partial charge in [-0.1, -0.05) is 6.92 Å². The van der Waals surface area contributed by atoms with Gasteiger partial charge in [0.25, 0.3) is 10.1 Å². The molecule has 0 rings (SSSR count). The molecule has 0 amide bonds. The molecule has 0 saturated heterocycles. The van der Waals surface area contributed by atoms with Crippen molar-refractivity contribution in [1.29, 1.82) is 0 Å². The number of hydrogen-bond acceptors (Lipinski definition) is 3. The summed E-state index contributed by atoms with van der Waals surface area (Å²) in [5, 5.41) is 7.31. The molecule has 58 valence electrons. The zero-order valence-corrected chi connectivity index (χ0v) is 5.93. The molecule has 2 N–H and O–H groups in total. The molecular formula is C4H11NaO4S. The van der Waals surface area contributed by atoms with Crippen LogP contribution in [0.25, 0.3) is 0 Å². The summed E-state index contributed by atoms with van der Waals surface area (Å²) < 4.78 is 28.7. The fraction of sp³-hybridized carbons (Fsp3) is 1.00. The van der Waals surface area contributed by atoms with Crippen molar-refractivity contribution in [2.45, 2.75) is 18.6 Å². The summed E-state index contributed by atoms with van der Waals surface area (Å²) in [4.78, 5) is 0. The van der Waals surface area contributed by atoms with Gasteiger partial charge < -0.3 is 5.11 Å². The van der Waals surface area contributed by atoms with Gasteiger partial charge in [0, 0.05) is 0 Å². The van der Waals surface area contributed by atoms with E-state index in [1.165, 1.54) is 0 Å². The monoisotopic (exact) mass is 178 g/mol. The summed E-state index contributed by atoms with van der Waals surface area (Å²) in [5.74, 6) is 0. The topological polar surface area (TPSA) is 74.6 Å². The average molecular weight is 178 g/mol. The Balaban J connectivity index is 0. The molecule has 0 aliphatic rings. The van der Waals surface area contributed by atoms with E-state index in [9.17, 15) is 8.42 Å². The van der Waals surface area contributed by atoms with Crippen molar-refractivity contribution in [3.05, 3.63) is 0 Å². The van der Waals surface area contributed by atoms with Crippen molar-refractivity contribution >= 4 is 39.7 Å². The van der Waals surface area contributed by atoms with Crippen LogP contribution in [0.2, 0.25) is 0 Å². The van der Waals surface area contributed by atoms with Crippen LogP contribution < -0.4 is 0 Å². The number of aliphatic hydroxyl groups excluding tert-OH is 1. The predicted octanol–water partition coefficient (Wildman–Crippen LogP) is -1.00. The van der Waals surface area contributed by atoms with E-state index in [2.05, 4.69) is 0 Å². The zero-order valence-electron chi connectivity index (χ0n) is 5.11. The van der Waals surface area contributed by atoms with Gasteiger partial charge >= 0.3 is 29.6 Å². The van der Waals surface area contributed by atoms with E-state index in [-0.39, 0.29) is 36.0 Å². The molecule has 0 aliphatic carbocycles. The molecule has 0 spiro atoms. The summed E-state index contributed by atoms with van der Waals surface area (Å²) >= 11 is 0. The van der Waals surface area contributed by atoms with E-state index in [0.717, 1.165) is 0 Å². The summed E-state index contributed by atoms with van der Waals surface area (Å²) in [6.45, 7) is 1.06. The van der Waals surface area contributed by atoms with Crippen molar-refractivity contribution in [3.63, 3.8) is 0 Å². The molecule has 0 aliphatic heterocycles. The number of aliphatic hydroxyl groups is 1. The predicted molar refractivity (Wildman–Crippen MR) is 39.9 cm³/mol. The average Bonchev–Trinajstić information content (AvgIpc) is 1.65. The Labute approximate surface area is 82.7 Å². The quantitative estimate of drug-likeness (QED) is 0.429. The van der Waals surface area contributed by atoms with E-state index in [4.69, 9.17) is 9.66 Å². The van der Waals surface area contributed by atoms with Gasteiger partial charge in [-0.3, -0.25) is 4.55 Å². The molecule has 0 heterocycles. The molecule has 4 nitrogen and oxygen atoms in total. The van der Waals surface area contributed by atoms with Gasteiger partial charge in [0.15, 0.2) is 0 Å². The minimum atomic E-state index is -4.02. The van der Waals surface area contributed by atoms with Gasteiger partial charge in [0.1, 0.15) is 5.25 Å². The zero-order chi connectivity index (χ0) is 7.49. The fourth-order valence-electron chi connectivity index (χ4n) is 0.434. The molecular weight excluding hydrogens is 167 g/mol. The first kappa shape index (κ1) is 13.5. The molecule has 1 unspecified atom stereocenters. The van der Waals surface area contributed by atoms with Crippen LogP contribution in [0.5, 0.6) is 0 Å². The van der Waals surface area contributed by atoms with Crippen LogP contribution in [0.15, 0.2) is 0 Å². The molecule has 0 aromatic carbocycles. The second kappa shape index (κ2) is 5.51. The third kappa shape index (κ3) is 4.65. The first-order valence-electron chi connectivity index (χ1n) is 2.59. The maximum atomic E-state index is 10.2. The summed E-state index contributed by atoms with van der Waals surface area (Å²) in [5.41, 5.74) is 0. The van der Waals surface area contributed by atoms with Gasteiger partial charge in [0.2, 0.25) is 0 Å². The van der Waals surface area contributed by atoms with E-state index >= 15 is 0 Å². The van der Waals surface area contributed by atoms with Gasteiger partial charge in [-0.25, -0.2) is 0 Å². The first-order valence-corrected chi connectivity index (χ1v) is 4.09. The number of hydrogen-bond donors (Lipinski definition) is 2. The molecule has 0 aromatic rings. The molecule has 0 aromatic heterocycles. The Bertz CT molecular complexity index is 160. The molecule has 0 bridgehead atoms. The second-order valence-electron chi connectivity index (χ2n) is 1.73. The summed E-state index contributed by atoms with van der Waals surface area (Å²) in [7, 11) is -4.02. The van der Waals surface area contributed by atoms with Gasteiger partial charge in [0.05, 0.1) is 6.61 Å². The fourth-order valence-corrected chi connectivity index (χ4v) is 1.04. The normalized spacial score (nSPS) is 13.9. The van der Waals surface area contributed by atoms with Crippen LogP contribution in [-0.2, 0) is 10.1 Å². The Hall–Kier alpha value is 0.870. The Morgan fingerprint density at radius 3 is 1.90 bits per heavy atom. The Kier molecular flexibility index (Phi) is 7.42. The molecule has 0 saturated carbocycles. The van der Waals surface area contributed by atoms with E-state index in [1.807, 2.05) is 0 Å². The molecule has 0 fully saturated rings. The summed E-state index contributed by atoms with van der Waals surface area (Å²) in [6, 6.07) is 0. The van der Waals surface area contributed by atoms with Crippen molar-refractivity contribution in [2.24, 2.45) is 0 Å². The third-order valence-corrected chi connectivity index (χ3v) is 2.41. The van der Waals surface area contributed by atoms with Crippen molar-refractivity contribution in [3.8, 4) is 0 Å². The minimum absolute atomic E-state index is 0. The van der Waals surface area contributed by atoms with E-state index in [1.54, 1.807) is 6.92 Å². The third-order valence-electron chi connectivity index (χ3n) is 1.08. The molecule has 6 heteroatoms. The van der Waals surface area contributed by atoms with E-state index in [0.29, 0.717) is 0 Å². The summed E-state index contributed by atoms with van der Waals surface area (Å²) in [6.07, 6.45) is 0.231. The SMILES string of the molecule is CCC(CO)S(=O)(=O)O.[NaH]. The second-order valence-corrected chi connectivity index (χ2v) is 3.42. The standard InChI is InChI=1S/C4H10O4S.Na.H/c1-2-4(3-5)9(6,7)8;;/h4-5H,2-3H2,1H3,(H,6,7,8);;. The van der Waals surface area contributed by atoms with Crippen LogP contribution in [0.1, 0.15) is 13.3 Å². The van der Waals surface area contributed by atoms with Crippen molar-refractivity contribution < 1.29 is 18.1 Å². The number of rotatable bonds is 3. The van der Waals surface area contributed by atoms with E-state index < -0.39 is 22.0 Å². The van der Waals surface area contributed by atoms with Gasteiger partial charge in [-0.15, -0.1) is 0 Å². The van der Waals surface area contributed by atoms with Crippen LogP contribution in [0, 0.1) is 0 Å². The van der Waals surface area contributed by atoms with Gasteiger partial charge in [-0.2, -0.15) is 8.42 Å². The molecule has 0 radical (unpaired) electrons. The van der Waals surface area contributed by atoms with Crippen LogP contribution in [-0.4, -0.2) is 59.5 Å². The van der Waals surface area contributed by atoms with Crippen molar-refractivity contribution in [1.82, 2.24) is 0 Å². The Morgan fingerprint density at radius 2 is 1.90 bits per heavy atom. The van der Waals surface area contributed by atoms with Crippen LogP contribution >= 0.6 is 0 Å². The van der Waals surface area contributed by atoms with Crippen molar-refractivity contribution in [2.75, 3.05) is 6.61 Å².